The molecular formula is C7H8N2O2S. The molecule has 0 amide bonds. The quantitative estimate of drug-likeness (QED) is 0.648. The minimum absolute atomic E-state index is 0.198. The Morgan fingerprint density at radius 1 is 1.58 bits per heavy atom. The lowest BCUT2D eigenvalue weighted by Crippen LogP contribution is -2.07. The van der Waals surface area contributed by atoms with Crippen LogP contribution in [-0.4, -0.2) is 21.0 Å². The number of aromatic carboxylic acids is 1. The summed E-state index contributed by atoms with van der Waals surface area (Å²) in [5.74, 6) is -0.983. The summed E-state index contributed by atoms with van der Waals surface area (Å²) in [5.41, 5.74) is 1.19. The van der Waals surface area contributed by atoms with Crippen LogP contribution >= 0.6 is 12.2 Å². The molecule has 2 N–H and O–H groups in total. The lowest BCUT2D eigenvalue weighted by atomic mass is 10.2. The summed E-state index contributed by atoms with van der Waals surface area (Å²) >= 11 is 4.77. The van der Waals surface area contributed by atoms with E-state index in [-0.39, 0.29) is 5.56 Å². The van der Waals surface area contributed by atoms with E-state index in [9.17, 15) is 4.79 Å². The van der Waals surface area contributed by atoms with Crippen molar-refractivity contribution in [2.24, 2.45) is 0 Å². The third-order valence-corrected chi connectivity index (χ3v) is 1.71. The fraction of sp³-hybridized carbons (Fsp3) is 0.286. The van der Waals surface area contributed by atoms with Crippen molar-refractivity contribution < 1.29 is 9.90 Å². The topological polar surface area (TPSA) is 66.0 Å². The summed E-state index contributed by atoms with van der Waals surface area (Å²) in [6, 6.07) is 0. The predicted octanol–water partition coefficient (Wildman–Crippen LogP) is 1.45. The van der Waals surface area contributed by atoms with E-state index >= 15 is 0 Å². The van der Waals surface area contributed by atoms with Crippen molar-refractivity contribution in [2.45, 2.75) is 13.8 Å². The Morgan fingerprint density at radius 3 is 2.58 bits per heavy atom. The molecule has 0 bridgehead atoms. The number of aryl methyl sites for hydroxylation is 2. The molecule has 0 atom stereocenters. The molecule has 0 saturated heterocycles. The number of carbonyl (C=O) groups is 1. The number of aromatic nitrogens is 2. The third kappa shape index (κ3) is 1.50. The molecule has 0 aromatic carbocycles. The van der Waals surface area contributed by atoms with Crippen LogP contribution < -0.4 is 0 Å². The summed E-state index contributed by atoms with van der Waals surface area (Å²) in [7, 11) is 0. The molecule has 0 saturated carbocycles. The second-order valence-corrected chi connectivity index (χ2v) is 2.82. The molecule has 64 valence electrons. The van der Waals surface area contributed by atoms with Crippen LogP contribution in [0.25, 0.3) is 0 Å². The zero-order valence-electron chi connectivity index (χ0n) is 6.71. The maximum Gasteiger partial charge on any atom is 0.339 e. The molecule has 1 aromatic rings. The molecule has 0 aliphatic heterocycles. The number of H-pyrrole nitrogens is 1. The number of nitrogens with one attached hydrogen (secondary N) is 1. The summed E-state index contributed by atoms with van der Waals surface area (Å²) in [6.45, 7) is 3.29. The smallest absolute Gasteiger partial charge is 0.339 e. The molecule has 0 spiro atoms. The largest absolute Gasteiger partial charge is 0.478 e. The first kappa shape index (κ1) is 8.86. The van der Waals surface area contributed by atoms with Gasteiger partial charge >= 0.3 is 5.97 Å². The SMILES string of the molecule is Cc1nc(=S)[nH]c(C)c1C(=O)O. The van der Waals surface area contributed by atoms with Crippen molar-refractivity contribution >= 4 is 18.2 Å². The van der Waals surface area contributed by atoms with Gasteiger partial charge in [0.2, 0.25) is 0 Å². The highest BCUT2D eigenvalue weighted by Gasteiger charge is 2.11. The Morgan fingerprint density at radius 2 is 2.17 bits per heavy atom. The van der Waals surface area contributed by atoms with Crippen LogP contribution in [0.5, 0.6) is 0 Å². The van der Waals surface area contributed by atoms with E-state index in [1.54, 1.807) is 13.8 Å². The van der Waals surface area contributed by atoms with E-state index in [0.29, 0.717) is 16.2 Å². The monoisotopic (exact) mass is 184 g/mol. The Hall–Kier alpha value is -1.23. The van der Waals surface area contributed by atoms with Gasteiger partial charge in [0.15, 0.2) is 4.77 Å². The van der Waals surface area contributed by atoms with Gasteiger partial charge < -0.3 is 10.1 Å². The molecule has 0 aliphatic carbocycles. The lowest BCUT2D eigenvalue weighted by Gasteiger charge is -2.02. The van der Waals surface area contributed by atoms with Crippen molar-refractivity contribution in [1.82, 2.24) is 9.97 Å². The van der Waals surface area contributed by atoms with Crippen molar-refractivity contribution in [1.29, 1.82) is 0 Å². The van der Waals surface area contributed by atoms with Crippen LogP contribution in [0, 0.1) is 18.6 Å². The number of rotatable bonds is 1. The second-order valence-electron chi connectivity index (χ2n) is 2.43. The standard InChI is InChI=1S/C7H8N2O2S/c1-3-5(6(10)11)4(2)9-7(12)8-3/h1-2H3,(H,10,11)(H,8,9,12). The van der Waals surface area contributed by atoms with Gasteiger partial charge in [0.25, 0.3) is 0 Å². The van der Waals surface area contributed by atoms with Crippen LogP contribution in [0.2, 0.25) is 0 Å². The van der Waals surface area contributed by atoms with Gasteiger partial charge in [0.05, 0.1) is 11.3 Å². The summed E-state index contributed by atoms with van der Waals surface area (Å²) in [6.07, 6.45) is 0. The van der Waals surface area contributed by atoms with Gasteiger partial charge in [0.1, 0.15) is 0 Å². The first-order chi connectivity index (χ1) is 5.52. The summed E-state index contributed by atoms with van der Waals surface area (Å²) in [4.78, 5) is 17.2. The van der Waals surface area contributed by atoms with Gasteiger partial charge in [-0.3, -0.25) is 0 Å². The van der Waals surface area contributed by atoms with Crippen molar-refractivity contribution in [2.75, 3.05) is 0 Å². The van der Waals surface area contributed by atoms with Crippen molar-refractivity contribution in [3.63, 3.8) is 0 Å². The van der Waals surface area contributed by atoms with E-state index < -0.39 is 5.97 Å². The Bertz CT molecular complexity index is 357. The number of aromatic amines is 1. The highest BCUT2D eigenvalue weighted by Crippen LogP contribution is 2.07. The van der Waals surface area contributed by atoms with Gasteiger partial charge in [-0.25, -0.2) is 9.78 Å². The third-order valence-electron chi connectivity index (χ3n) is 1.51. The van der Waals surface area contributed by atoms with E-state index in [1.807, 2.05) is 0 Å². The van der Waals surface area contributed by atoms with Gasteiger partial charge in [-0.15, -0.1) is 0 Å². The zero-order chi connectivity index (χ0) is 9.30. The molecule has 4 nitrogen and oxygen atoms in total. The average Bonchev–Trinajstić information content (AvgIpc) is 1.82. The molecule has 0 aliphatic rings. The molecule has 0 fully saturated rings. The first-order valence-corrected chi connectivity index (χ1v) is 3.74. The van der Waals surface area contributed by atoms with Crippen LogP contribution in [0.4, 0.5) is 0 Å². The lowest BCUT2D eigenvalue weighted by molar-refractivity contribution is 0.0694. The highest BCUT2D eigenvalue weighted by atomic mass is 32.1. The Kier molecular flexibility index (Phi) is 2.23. The number of carboxylic acids is 1. The zero-order valence-corrected chi connectivity index (χ0v) is 7.53. The number of hydrogen-bond acceptors (Lipinski definition) is 3. The number of carboxylic acid groups (broad SMARTS) is 1. The van der Waals surface area contributed by atoms with Crippen molar-refractivity contribution in [3.05, 3.63) is 21.7 Å². The molecule has 1 heterocycles. The molecule has 0 unspecified atom stereocenters. The van der Waals surface area contributed by atoms with Crippen LogP contribution in [0.1, 0.15) is 21.7 Å². The Labute approximate surface area is 74.3 Å². The Balaban J connectivity index is 3.48. The van der Waals surface area contributed by atoms with E-state index in [1.165, 1.54) is 0 Å². The summed E-state index contributed by atoms with van der Waals surface area (Å²) in [5, 5.41) is 8.74. The van der Waals surface area contributed by atoms with Crippen LogP contribution in [0.15, 0.2) is 0 Å². The highest BCUT2D eigenvalue weighted by molar-refractivity contribution is 7.71. The maximum absolute atomic E-state index is 10.7. The molecule has 5 heteroatoms. The molecule has 1 aromatic heterocycles. The number of hydrogen-bond donors (Lipinski definition) is 2. The van der Waals surface area contributed by atoms with Crippen LogP contribution in [-0.2, 0) is 0 Å². The fourth-order valence-corrected chi connectivity index (χ4v) is 1.34. The minimum Gasteiger partial charge on any atom is -0.478 e. The fourth-order valence-electron chi connectivity index (χ4n) is 1.05. The maximum atomic E-state index is 10.7. The van der Waals surface area contributed by atoms with Crippen molar-refractivity contribution in [3.8, 4) is 0 Å². The summed E-state index contributed by atoms with van der Waals surface area (Å²) < 4.78 is 0.315. The predicted molar refractivity (Wildman–Crippen MR) is 45.9 cm³/mol. The van der Waals surface area contributed by atoms with Gasteiger partial charge in [0, 0.05) is 5.69 Å². The van der Waals surface area contributed by atoms with Gasteiger partial charge in [-0.05, 0) is 26.1 Å². The average molecular weight is 184 g/mol. The second kappa shape index (κ2) is 3.02. The van der Waals surface area contributed by atoms with E-state index in [0.717, 1.165) is 0 Å². The van der Waals surface area contributed by atoms with Gasteiger partial charge in [-0.1, -0.05) is 0 Å². The normalized spacial score (nSPS) is 9.83. The number of nitrogens with zero attached hydrogens (tertiary/aromatic N) is 1. The molecule has 1 rings (SSSR count). The first-order valence-electron chi connectivity index (χ1n) is 3.33. The minimum atomic E-state index is -0.983. The van der Waals surface area contributed by atoms with E-state index in [2.05, 4.69) is 9.97 Å². The van der Waals surface area contributed by atoms with Crippen LogP contribution in [0.3, 0.4) is 0 Å². The molecule has 0 radical (unpaired) electrons. The van der Waals surface area contributed by atoms with Gasteiger partial charge in [-0.2, -0.15) is 0 Å². The molecule has 12 heavy (non-hydrogen) atoms. The molecular weight excluding hydrogens is 176 g/mol. The van der Waals surface area contributed by atoms with E-state index in [4.69, 9.17) is 17.3 Å².